The van der Waals surface area contributed by atoms with Crippen LogP contribution in [-0.4, -0.2) is 37.1 Å². The van der Waals surface area contributed by atoms with E-state index < -0.39 is 0 Å². The number of likely N-dealkylation sites (tertiary alicyclic amines) is 1. The fourth-order valence-corrected chi connectivity index (χ4v) is 6.59. The Morgan fingerprint density at radius 2 is 1.56 bits per heavy atom. The topological polar surface area (TPSA) is 76.6 Å². The summed E-state index contributed by atoms with van der Waals surface area (Å²) in [6, 6.07) is 1.70. The van der Waals surface area contributed by atoms with Gasteiger partial charge in [0.05, 0.1) is 0 Å². The summed E-state index contributed by atoms with van der Waals surface area (Å²) in [6.07, 6.45) is 14.2. The molecule has 2 heterocycles. The number of H-pyrrole nitrogens is 1. The summed E-state index contributed by atoms with van der Waals surface area (Å²) in [5.74, 6) is 0.957. The predicted octanol–water partition coefficient (Wildman–Crippen LogP) is 7.25. The van der Waals surface area contributed by atoms with Gasteiger partial charge < -0.3 is 15.1 Å². The Hall–Kier alpha value is -1.65. The van der Waals surface area contributed by atoms with Crippen LogP contribution in [0.1, 0.15) is 130 Å². The summed E-state index contributed by atoms with van der Waals surface area (Å²) in [4.78, 5) is 17.1. The van der Waals surface area contributed by atoms with Crippen molar-refractivity contribution in [2.24, 2.45) is 5.92 Å². The molecule has 1 fully saturated rings. The third-order valence-corrected chi connectivity index (χ3v) is 7.38. The average molecular weight is 449 g/mol. The van der Waals surface area contributed by atoms with Crippen molar-refractivity contribution in [3.63, 3.8) is 0 Å². The maximum atomic E-state index is 12.4. The van der Waals surface area contributed by atoms with E-state index in [0.717, 1.165) is 37.7 Å². The highest BCUT2D eigenvalue weighted by molar-refractivity contribution is 5.75. The smallest absolute Gasteiger partial charge is 0.220 e. The van der Waals surface area contributed by atoms with E-state index in [-0.39, 0.29) is 34.7 Å². The molecule has 5 heteroatoms. The molecular weight excluding hydrogens is 400 g/mol. The van der Waals surface area contributed by atoms with Gasteiger partial charge in [0.1, 0.15) is 0 Å². The molecule has 1 aromatic rings. The summed E-state index contributed by atoms with van der Waals surface area (Å²) in [5.41, 5.74) is 0.461. The third-order valence-electron chi connectivity index (χ3n) is 7.38. The number of nitrogens with zero attached hydrogens (tertiary/aromatic N) is 1. The molecule has 1 saturated heterocycles. The Bertz CT molecular complexity index is 704. The molecule has 2 rings (SSSR count). The molecule has 0 aliphatic carbocycles. The number of nitrogens with one attached hydrogen (secondary N) is 1. The molecule has 0 saturated carbocycles. The highest BCUT2D eigenvalue weighted by Gasteiger charge is 2.46. The predicted molar refractivity (Wildman–Crippen MR) is 132 cm³/mol. The second-order valence-corrected chi connectivity index (χ2v) is 11.4. The van der Waals surface area contributed by atoms with E-state index in [1.54, 1.807) is 13.0 Å². The number of piperidine rings is 1. The van der Waals surface area contributed by atoms with Crippen LogP contribution >= 0.6 is 0 Å². The maximum Gasteiger partial charge on any atom is 0.220 e. The van der Waals surface area contributed by atoms with Gasteiger partial charge in [0.2, 0.25) is 5.91 Å². The molecule has 0 radical (unpaired) electrons. The molecule has 1 aliphatic heterocycles. The minimum Gasteiger partial charge on any atom is -0.495 e. The molecule has 3 N–H and O–H groups in total. The highest BCUT2D eigenvalue weighted by atomic mass is 16.3. The Labute approximate surface area is 196 Å². The van der Waals surface area contributed by atoms with Crippen molar-refractivity contribution < 1.29 is 15.0 Å². The van der Waals surface area contributed by atoms with Crippen molar-refractivity contribution in [1.29, 1.82) is 0 Å². The molecule has 1 atom stereocenters. The first-order valence-electron chi connectivity index (χ1n) is 12.9. The van der Waals surface area contributed by atoms with Crippen LogP contribution in [0.3, 0.4) is 0 Å². The lowest BCUT2D eigenvalue weighted by molar-refractivity contribution is -0.149. The number of rotatable bonds is 12. The van der Waals surface area contributed by atoms with Gasteiger partial charge in [-0.2, -0.15) is 0 Å². The second-order valence-electron chi connectivity index (χ2n) is 11.4. The Morgan fingerprint density at radius 3 is 2.03 bits per heavy atom. The van der Waals surface area contributed by atoms with Crippen LogP contribution in [-0.2, 0) is 4.79 Å². The van der Waals surface area contributed by atoms with Crippen molar-refractivity contribution >= 4 is 5.91 Å². The van der Waals surface area contributed by atoms with Gasteiger partial charge in [0.25, 0.3) is 0 Å². The summed E-state index contributed by atoms with van der Waals surface area (Å²) >= 11 is 0. The van der Waals surface area contributed by atoms with E-state index in [9.17, 15) is 15.0 Å². The van der Waals surface area contributed by atoms with Crippen LogP contribution in [0.25, 0.3) is 0 Å². The van der Waals surface area contributed by atoms with E-state index in [0.29, 0.717) is 5.92 Å². The van der Waals surface area contributed by atoms with Crippen LogP contribution in [0.4, 0.5) is 0 Å². The van der Waals surface area contributed by atoms with Crippen molar-refractivity contribution in [3.05, 3.63) is 11.6 Å². The lowest BCUT2D eigenvalue weighted by atomic mass is 9.70. The van der Waals surface area contributed by atoms with Crippen LogP contribution in [0.2, 0.25) is 0 Å². The lowest BCUT2D eigenvalue weighted by Crippen LogP contribution is -2.62. The monoisotopic (exact) mass is 448 g/mol. The molecule has 1 aliphatic rings. The van der Waals surface area contributed by atoms with Gasteiger partial charge in [-0.25, -0.2) is 0 Å². The summed E-state index contributed by atoms with van der Waals surface area (Å²) < 4.78 is 0. The minimum atomic E-state index is -0.191. The standard InChI is InChI=1S/C27H48N2O3/c1-7-8-9-10-11-12-13-14-15-22(23-17-24(31)28-25(23)32)16-21-18-26(3,4)29(20(2)30)27(5,6)19-21/h17,21-22,28,31-32H,7-16,18-19H2,1-6H3. The number of hydrogen-bond acceptors (Lipinski definition) is 3. The van der Waals surface area contributed by atoms with Gasteiger partial charge in [-0.15, -0.1) is 0 Å². The number of aromatic hydroxyl groups is 2. The fraction of sp³-hybridized carbons (Fsp3) is 0.815. The SMILES string of the molecule is CCCCCCCCCCC(CC1CC(C)(C)N(C(C)=O)C(C)(C)C1)c1cc(O)[nH]c1O. The van der Waals surface area contributed by atoms with E-state index in [4.69, 9.17) is 0 Å². The largest absolute Gasteiger partial charge is 0.495 e. The number of aromatic amines is 1. The molecule has 0 bridgehead atoms. The summed E-state index contributed by atoms with van der Waals surface area (Å²) in [7, 11) is 0. The first-order chi connectivity index (χ1) is 15.0. The average Bonchev–Trinajstić information content (AvgIpc) is 2.98. The maximum absolute atomic E-state index is 12.4. The van der Waals surface area contributed by atoms with E-state index in [1.165, 1.54) is 44.9 Å². The second kappa shape index (κ2) is 11.5. The van der Waals surface area contributed by atoms with Crippen LogP contribution < -0.4 is 0 Å². The lowest BCUT2D eigenvalue weighted by Gasteiger charge is -2.55. The van der Waals surface area contributed by atoms with Crippen molar-refractivity contribution in [2.45, 2.75) is 136 Å². The zero-order valence-corrected chi connectivity index (χ0v) is 21.5. The molecular formula is C27H48N2O3. The van der Waals surface area contributed by atoms with E-state index in [2.05, 4.69) is 44.5 Å². The zero-order chi connectivity index (χ0) is 23.9. The first kappa shape index (κ1) is 26.6. The number of amides is 1. The highest BCUT2D eigenvalue weighted by Crippen LogP contribution is 2.46. The van der Waals surface area contributed by atoms with E-state index >= 15 is 0 Å². The van der Waals surface area contributed by atoms with Gasteiger partial charge in [-0.05, 0) is 65.2 Å². The molecule has 184 valence electrons. The molecule has 0 aromatic carbocycles. The quantitative estimate of drug-likeness (QED) is 0.295. The van der Waals surface area contributed by atoms with Crippen LogP contribution in [0, 0.1) is 5.92 Å². The zero-order valence-electron chi connectivity index (χ0n) is 21.5. The molecule has 0 spiro atoms. The molecule has 1 aromatic heterocycles. The normalized spacial score (nSPS) is 19.2. The number of carbonyl (C=O) groups excluding carboxylic acids is 1. The van der Waals surface area contributed by atoms with Crippen LogP contribution in [0.5, 0.6) is 11.8 Å². The summed E-state index contributed by atoms with van der Waals surface area (Å²) in [5, 5.41) is 20.3. The van der Waals surface area contributed by atoms with Crippen molar-refractivity contribution in [1.82, 2.24) is 9.88 Å². The Balaban J connectivity index is 2.02. The van der Waals surface area contributed by atoms with Gasteiger partial charge >= 0.3 is 0 Å². The van der Waals surface area contributed by atoms with Gasteiger partial charge in [-0.1, -0.05) is 58.3 Å². The van der Waals surface area contributed by atoms with Crippen molar-refractivity contribution in [3.8, 4) is 11.8 Å². The van der Waals surface area contributed by atoms with E-state index in [1.807, 2.05) is 0 Å². The number of aromatic nitrogens is 1. The molecule has 32 heavy (non-hydrogen) atoms. The first-order valence-corrected chi connectivity index (χ1v) is 12.9. The van der Waals surface area contributed by atoms with Gasteiger partial charge in [0, 0.05) is 29.6 Å². The van der Waals surface area contributed by atoms with Gasteiger partial charge in [-0.3, -0.25) is 9.78 Å². The minimum absolute atomic E-state index is 0.0329. The van der Waals surface area contributed by atoms with Crippen LogP contribution in [0.15, 0.2) is 6.07 Å². The molecule has 1 amide bonds. The number of carbonyl (C=O) groups is 1. The van der Waals surface area contributed by atoms with Gasteiger partial charge in [0.15, 0.2) is 11.8 Å². The van der Waals surface area contributed by atoms with Crippen molar-refractivity contribution in [2.75, 3.05) is 0 Å². The number of hydrogen-bond donors (Lipinski definition) is 3. The Morgan fingerprint density at radius 1 is 1.03 bits per heavy atom. The summed E-state index contributed by atoms with van der Waals surface area (Å²) in [6.45, 7) is 12.6. The molecule has 1 unspecified atom stereocenters. The molecule has 5 nitrogen and oxygen atoms in total. The Kier molecular flexibility index (Phi) is 9.53. The number of unbranched alkanes of at least 4 members (excludes halogenated alkanes) is 7. The third kappa shape index (κ3) is 7.18. The fourth-order valence-electron chi connectivity index (χ4n) is 6.59.